The molecule has 1 aromatic heterocycles. The second-order valence-corrected chi connectivity index (χ2v) is 5.88. The zero-order chi connectivity index (χ0) is 20.8. The Morgan fingerprint density at radius 2 is 1.62 bits per heavy atom. The largest absolute Gasteiger partial charge is 0.497 e. The van der Waals surface area contributed by atoms with Gasteiger partial charge in [0.15, 0.2) is 0 Å². The van der Waals surface area contributed by atoms with Crippen LogP contribution in [0.15, 0.2) is 64.1 Å². The Bertz CT molecular complexity index is 1030. The van der Waals surface area contributed by atoms with Crippen LogP contribution in [0.25, 0.3) is 11.3 Å². The van der Waals surface area contributed by atoms with Crippen molar-refractivity contribution in [2.24, 2.45) is 5.10 Å². The van der Waals surface area contributed by atoms with Gasteiger partial charge >= 0.3 is 5.97 Å². The lowest BCUT2D eigenvalue weighted by Gasteiger charge is -2.07. The highest BCUT2D eigenvalue weighted by molar-refractivity contribution is 5.95. The van der Waals surface area contributed by atoms with Gasteiger partial charge < -0.3 is 19.0 Å². The summed E-state index contributed by atoms with van der Waals surface area (Å²) in [5, 5.41) is 12.8. The highest BCUT2D eigenvalue weighted by Gasteiger charge is 2.10. The predicted octanol–water partition coefficient (Wildman–Crippen LogP) is 3.43. The van der Waals surface area contributed by atoms with Gasteiger partial charge in [-0.2, -0.15) is 5.10 Å². The normalized spacial score (nSPS) is 10.7. The third-order valence-electron chi connectivity index (χ3n) is 4.01. The predicted molar refractivity (Wildman–Crippen MR) is 106 cm³/mol. The van der Waals surface area contributed by atoms with Crippen molar-refractivity contribution in [3.8, 4) is 22.8 Å². The molecule has 0 aliphatic carbocycles. The summed E-state index contributed by atoms with van der Waals surface area (Å²) in [5.74, 6) is 0.520. The van der Waals surface area contributed by atoms with Crippen molar-refractivity contribution in [2.75, 3.05) is 14.2 Å². The van der Waals surface area contributed by atoms with Crippen molar-refractivity contribution in [2.45, 2.75) is 0 Å². The van der Waals surface area contributed by atoms with Gasteiger partial charge in [0.1, 0.15) is 23.0 Å². The van der Waals surface area contributed by atoms with E-state index in [1.165, 1.54) is 32.6 Å². The number of hydrazone groups is 1. The van der Waals surface area contributed by atoms with Crippen LogP contribution in [0.2, 0.25) is 0 Å². The van der Waals surface area contributed by atoms with Crippen molar-refractivity contribution >= 4 is 18.1 Å². The minimum absolute atomic E-state index is 0.193. The summed E-state index contributed by atoms with van der Waals surface area (Å²) in [6.45, 7) is 0. The molecular formula is C21H18N2O6. The highest BCUT2D eigenvalue weighted by Crippen LogP contribution is 2.23. The van der Waals surface area contributed by atoms with E-state index in [1.54, 1.807) is 42.5 Å². The van der Waals surface area contributed by atoms with E-state index < -0.39 is 11.9 Å². The summed E-state index contributed by atoms with van der Waals surface area (Å²) in [6, 6.07) is 14.5. The van der Waals surface area contributed by atoms with Crippen molar-refractivity contribution in [1.29, 1.82) is 0 Å². The minimum atomic E-state index is -0.992. The molecular weight excluding hydrogens is 376 g/mol. The number of nitrogens with zero attached hydrogens (tertiary/aromatic N) is 1. The van der Waals surface area contributed by atoms with Gasteiger partial charge in [0.25, 0.3) is 5.91 Å². The van der Waals surface area contributed by atoms with Gasteiger partial charge in [-0.05, 0) is 36.4 Å². The molecule has 8 heteroatoms. The van der Waals surface area contributed by atoms with Crippen molar-refractivity contribution < 1.29 is 28.6 Å². The number of carbonyl (C=O) groups excluding carboxylic acids is 1. The van der Waals surface area contributed by atoms with E-state index in [0.29, 0.717) is 28.6 Å². The van der Waals surface area contributed by atoms with E-state index in [1.807, 2.05) is 0 Å². The Morgan fingerprint density at radius 3 is 2.21 bits per heavy atom. The molecule has 0 radical (unpaired) electrons. The van der Waals surface area contributed by atoms with Gasteiger partial charge in [-0.25, -0.2) is 10.2 Å². The van der Waals surface area contributed by atoms with Crippen LogP contribution in [0, 0.1) is 0 Å². The first-order valence-electron chi connectivity index (χ1n) is 8.50. The Labute approximate surface area is 166 Å². The molecule has 1 amide bonds. The number of rotatable bonds is 7. The Balaban J connectivity index is 1.67. The number of carboxylic acids is 1. The number of carboxylic acid groups (broad SMARTS) is 1. The second-order valence-electron chi connectivity index (χ2n) is 5.88. The molecule has 2 N–H and O–H groups in total. The van der Waals surface area contributed by atoms with Crippen LogP contribution in [0.5, 0.6) is 11.5 Å². The Hall–Kier alpha value is -4.07. The van der Waals surface area contributed by atoms with E-state index in [2.05, 4.69) is 10.5 Å². The molecule has 0 unspecified atom stereocenters. The summed E-state index contributed by atoms with van der Waals surface area (Å²) in [4.78, 5) is 23.2. The highest BCUT2D eigenvalue weighted by atomic mass is 16.5. The third-order valence-corrected chi connectivity index (χ3v) is 4.01. The standard InChI is InChI=1S/C21H18N2O6/c1-27-17-9-15(10-18(11-17)28-2)20(24)23-22-12-16-7-8-19(29-16)13-3-5-14(6-4-13)21(25)26/h3-12H,1-2H3,(H,23,24)(H,25,26). The Morgan fingerprint density at radius 1 is 0.966 bits per heavy atom. The molecule has 3 rings (SSSR count). The molecule has 0 aliphatic rings. The fourth-order valence-corrected chi connectivity index (χ4v) is 2.51. The molecule has 29 heavy (non-hydrogen) atoms. The Kier molecular flexibility index (Phi) is 5.94. The molecule has 1 heterocycles. The maximum Gasteiger partial charge on any atom is 0.335 e. The topological polar surface area (TPSA) is 110 Å². The summed E-state index contributed by atoms with van der Waals surface area (Å²) in [6.07, 6.45) is 1.37. The van der Waals surface area contributed by atoms with Gasteiger partial charge in [0, 0.05) is 17.2 Å². The number of hydrogen-bond acceptors (Lipinski definition) is 6. The molecule has 0 fully saturated rings. The quantitative estimate of drug-likeness (QED) is 0.469. The average Bonchev–Trinajstić information content (AvgIpc) is 3.22. The van der Waals surface area contributed by atoms with E-state index in [-0.39, 0.29) is 5.56 Å². The van der Waals surface area contributed by atoms with Gasteiger partial charge in [-0.1, -0.05) is 12.1 Å². The second kappa shape index (κ2) is 8.75. The number of benzene rings is 2. The zero-order valence-electron chi connectivity index (χ0n) is 15.7. The number of ether oxygens (including phenoxy) is 2. The maximum absolute atomic E-state index is 12.3. The molecule has 8 nitrogen and oxygen atoms in total. The molecule has 0 saturated carbocycles. The lowest BCUT2D eigenvalue weighted by Crippen LogP contribution is -2.17. The van der Waals surface area contributed by atoms with E-state index in [9.17, 15) is 9.59 Å². The molecule has 0 saturated heterocycles. The number of hydrogen-bond donors (Lipinski definition) is 2. The molecule has 0 aliphatic heterocycles. The SMILES string of the molecule is COc1cc(OC)cc(C(=O)NN=Cc2ccc(-c3ccc(C(=O)O)cc3)o2)c1. The third kappa shape index (κ3) is 4.81. The number of nitrogens with one attached hydrogen (secondary N) is 1. The summed E-state index contributed by atoms with van der Waals surface area (Å²) in [5.41, 5.74) is 3.66. The summed E-state index contributed by atoms with van der Waals surface area (Å²) < 4.78 is 15.9. The van der Waals surface area contributed by atoms with Crippen LogP contribution in [0.4, 0.5) is 0 Å². The van der Waals surface area contributed by atoms with E-state index in [4.69, 9.17) is 19.0 Å². The first-order chi connectivity index (χ1) is 14.0. The number of furan rings is 1. The van der Waals surface area contributed by atoms with Crippen molar-refractivity contribution in [3.63, 3.8) is 0 Å². The first-order valence-corrected chi connectivity index (χ1v) is 8.50. The lowest BCUT2D eigenvalue weighted by molar-refractivity contribution is 0.0696. The molecule has 0 spiro atoms. The van der Waals surface area contributed by atoms with Gasteiger partial charge in [-0.15, -0.1) is 0 Å². The fraction of sp³-hybridized carbons (Fsp3) is 0.0952. The van der Waals surface area contributed by atoms with Crippen LogP contribution in [-0.2, 0) is 0 Å². The monoisotopic (exact) mass is 394 g/mol. The average molecular weight is 394 g/mol. The lowest BCUT2D eigenvalue weighted by atomic mass is 10.1. The van der Waals surface area contributed by atoms with Crippen LogP contribution < -0.4 is 14.9 Å². The van der Waals surface area contributed by atoms with E-state index >= 15 is 0 Å². The van der Waals surface area contributed by atoms with E-state index in [0.717, 1.165) is 5.56 Å². The molecule has 0 bridgehead atoms. The molecule has 148 valence electrons. The number of methoxy groups -OCH3 is 2. The minimum Gasteiger partial charge on any atom is -0.497 e. The van der Waals surface area contributed by atoms with Gasteiger partial charge in [0.05, 0.1) is 26.0 Å². The van der Waals surface area contributed by atoms with Crippen LogP contribution in [0.1, 0.15) is 26.5 Å². The first kappa shape index (κ1) is 19.7. The van der Waals surface area contributed by atoms with Crippen LogP contribution >= 0.6 is 0 Å². The van der Waals surface area contributed by atoms with Gasteiger partial charge in [-0.3, -0.25) is 4.79 Å². The number of aromatic carboxylic acids is 1. The molecule has 2 aromatic carbocycles. The zero-order valence-corrected chi connectivity index (χ0v) is 15.7. The van der Waals surface area contributed by atoms with Crippen LogP contribution in [0.3, 0.4) is 0 Å². The fourth-order valence-electron chi connectivity index (χ4n) is 2.51. The van der Waals surface area contributed by atoms with Gasteiger partial charge in [0.2, 0.25) is 0 Å². The number of amides is 1. The molecule has 3 aromatic rings. The number of carbonyl (C=O) groups is 2. The van der Waals surface area contributed by atoms with Crippen molar-refractivity contribution in [1.82, 2.24) is 5.43 Å². The molecule has 0 atom stereocenters. The summed E-state index contributed by atoms with van der Waals surface area (Å²) >= 11 is 0. The summed E-state index contributed by atoms with van der Waals surface area (Å²) in [7, 11) is 3.00. The smallest absolute Gasteiger partial charge is 0.335 e. The van der Waals surface area contributed by atoms with Crippen LogP contribution in [-0.4, -0.2) is 37.4 Å². The maximum atomic E-state index is 12.3. The van der Waals surface area contributed by atoms with Crippen molar-refractivity contribution in [3.05, 3.63) is 71.5 Å².